The van der Waals surface area contributed by atoms with Gasteiger partial charge in [0.05, 0.1) is 17.0 Å². The van der Waals surface area contributed by atoms with Gasteiger partial charge in [0.15, 0.2) is 5.82 Å². The molecule has 0 unspecified atom stereocenters. The molecule has 2 aromatic carbocycles. The van der Waals surface area contributed by atoms with Gasteiger partial charge in [0.2, 0.25) is 0 Å². The van der Waals surface area contributed by atoms with Gasteiger partial charge >= 0.3 is 6.18 Å². The molecule has 32 heavy (non-hydrogen) atoms. The molecule has 0 amide bonds. The number of halogens is 3. The van der Waals surface area contributed by atoms with Gasteiger partial charge in [-0.3, -0.25) is 4.79 Å². The standard InChI is InChI=1S/C23H26F3N5O/c1-14-17(5-4-6-20(14)23(24,25)26)15(2)28-21-19-13-16(31-11-9-27-10-12-31)7-8-18(19)22(32)30(3)29-21/h4-8,13,15,27H,9-12H2,1-3H3,(H,28,29)/t15-/m1/s1. The van der Waals surface area contributed by atoms with Crippen molar-refractivity contribution in [2.75, 3.05) is 36.4 Å². The maximum absolute atomic E-state index is 13.4. The number of nitrogens with one attached hydrogen (secondary N) is 2. The fraction of sp³-hybridized carbons (Fsp3) is 0.391. The molecule has 0 saturated carbocycles. The molecule has 4 rings (SSSR count). The van der Waals surface area contributed by atoms with E-state index in [0.717, 1.165) is 37.9 Å². The normalized spacial score (nSPS) is 15.8. The van der Waals surface area contributed by atoms with Crippen molar-refractivity contribution in [2.24, 2.45) is 7.05 Å². The molecule has 9 heteroatoms. The maximum Gasteiger partial charge on any atom is 0.416 e. The van der Waals surface area contributed by atoms with E-state index in [1.54, 1.807) is 26.1 Å². The Morgan fingerprint density at radius 2 is 1.84 bits per heavy atom. The molecule has 1 aliphatic heterocycles. The summed E-state index contributed by atoms with van der Waals surface area (Å²) in [5, 5.41) is 12.1. The first-order valence-corrected chi connectivity index (χ1v) is 10.6. The predicted molar refractivity (Wildman–Crippen MR) is 120 cm³/mol. The lowest BCUT2D eigenvalue weighted by atomic mass is 9.97. The van der Waals surface area contributed by atoms with Crippen molar-refractivity contribution >= 4 is 22.3 Å². The van der Waals surface area contributed by atoms with E-state index in [0.29, 0.717) is 22.2 Å². The molecule has 170 valence electrons. The van der Waals surface area contributed by atoms with Gasteiger partial charge in [0.25, 0.3) is 5.56 Å². The van der Waals surface area contributed by atoms with Crippen molar-refractivity contribution in [1.82, 2.24) is 15.1 Å². The van der Waals surface area contributed by atoms with Crippen molar-refractivity contribution < 1.29 is 13.2 Å². The van der Waals surface area contributed by atoms with Crippen LogP contribution >= 0.6 is 0 Å². The van der Waals surface area contributed by atoms with E-state index in [4.69, 9.17) is 0 Å². The SMILES string of the molecule is Cc1c([C@@H](C)Nc2nn(C)c(=O)c3ccc(N4CCNCC4)cc23)cccc1C(F)(F)F. The Bertz CT molecular complexity index is 1200. The minimum absolute atomic E-state index is 0.177. The smallest absolute Gasteiger partial charge is 0.369 e. The minimum Gasteiger partial charge on any atom is -0.369 e. The first-order chi connectivity index (χ1) is 15.2. The second kappa shape index (κ2) is 8.46. The summed E-state index contributed by atoms with van der Waals surface area (Å²) in [4.78, 5) is 14.9. The first kappa shape index (κ1) is 22.1. The molecule has 1 aliphatic rings. The summed E-state index contributed by atoms with van der Waals surface area (Å²) in [6.07, 6.45) is -4.42. The van der Waals surface area contributed by atoms with Crippen LogP contribution in [0.25, 0.3) is 10.8 Å². The minimum atomic E-state index is -4.42. The zero-order chi connectivity index (χ0) is 23.0. The number of hydrogen-bond donors (Lipinski definition) is 2. The third-order valence-corrected chi connectivity index (χ3v) is 6.02. The quantitative estimate of drug-likeness (QED) is 0.639. The van der Waals surface area contributed by atoms with Gasteiger partial charge in [-0.2, -0.15) is 18.3 Å². The highest BCUT2D eigenvalue weighted by Gasteiger charge is 2.33. The van der Waals surface area contributed by atoms with Gasteiger partial charge in [-0.25, -0.2) is 4.68 Å². The lowest BCUT2D eigenvalue weighted by molar-refractivity contribution is -0.138. The Labute approximate surface area is 184 Å². The average Bonchev–Trinajstić information content (AvgIpc) is 2.77. The summed E-state index contributed by atoms with van der Waals surface area (Å²) < 4.78 is 41.3. The molecule has 0 aliphatic carbocycles. The Morgan fingerprint density at radius 3 is 2.53 bits per heavy atom. The Morgan fingerprint density at radius 1 is 1.12 bits per heavy atom. The van der Waals surface area contributed by atoms with Gasteiger partial charge in [0, 0.05) is 44.3 Å². The predicted octanol–water partition coefficient (Wildman–Crippen LogP) is 3.84. The summed E-state index contributed by atoms with van der Waals surface area (Å²) in [5.41, 5.74) is 0.820. The molecule has 3 aromatic rings. The monoisotopic (exact) mass is 445 g/mol. The molecule has 0 bridgehead atoms. The summed E-state index contributed by atoms with van der Waals surface area (Å²) in [5.74, 6) is 0.461. The van der Waals surface area contributed by atoms with Crippen LogP contribution in [0.1, 0.15) is 29.7 Å². The Hall–Kier alpha value is -3.07. The second-order valence-electron chi connectivity index (χ2n) is 8.13. The van der Waals surface area contributed by atoms with Gasteiger partial charge in [-0.05, 0) is 49.2 Å². The van der Waals surface area contributed by atoms with Crippen molar-refractivity contribution in [3.63, 3.8) is 0 Å². The Balaban J connectivity index is 1.75. The molecular weight excluding hydrogens is 419 g/mol. The van der Waals surface area contributed by atoms with Crippen molar-refractivity contribution in [2.45, 2.75) is 26.1 Å². The summed E-state index contributed by atoms with van der Waals surface area (Å²) in [6, 6.07) is 9.39. The van der Waals surface area contributed by atoms with Gasteiger partial charge in [-0.1, -0.05) is 12.1 Å². The number of piperazine rings is 1. The van der Waals surface area contributed by atoms with E-state index in [2.05, 4.69) is 20.6 Å². The number of aryl methyl sites for hydroxylation is 1. The Kier molecular flexibility index (Phi) is 5.85. The molecule has 2 heterocycles. The van der Waals surface area contributed by atoms with Crippen LogP contribution in [0.15, 0.2) is 41.2 Å². The summed E-state index contributed by atoms with van der Waals surface area (Å²) in [6.45, 7) is 6.73. The van der Waals surface area contributed by atoms with Crippen LogP contribution in [0.5, 0.6) is 0 Å². The molecular formula is C23H26F3N5O. The molecule has 2 N–H and O–H groups in total. The van der Waals surface area contributed by atoms with Gasteiger partial charge in [-0.15, -0.1) is 0 Å². The van der Waals surface area contributed by atoms with E-state index < -0.39 is 17.8 Å². The number of nitrogens with zero attached hydrogens (tertiary/aromatic N) is 3. The number of rotatable bonds is 4. The van der Waals surface area contributed by atoms with E-state index in [1.165, 1.54) is 17.7 Å². The van der Waals surface area contributed by atoms with Crippen LogP contribution in [0.4, 0.5) is 24.7 Å². The average molecular weight is 445 g/mol. The molecule has 6 nitrogen and oxygen atoms in total. The highest BCUT2D eigenvalue weighted by atomic mass is 19.4. The number of alkyl halides is 3. The number of aromatic nitrogens is 2. The van der Waals surface area contributed by atoms with E-state index >= 15 is 0 Å². The molecule has 1 aromatic heterocycles. The summed E-state index contributed by atoms with van der Waals surface area (Å²) in [7, 11) is 1.57. The third kappa shape index (κ3) is 4.17. The highest BCUT2D eigenvalue weighted by Crippen LogP contribution is 2.35. The van der Waals surface area contributed by atoms with Crippen LogP contribution in [0.3, 0.4) is 0 Å². The van der Waals surface area contributed by atoms with E-state index in [1.807, 2.05) is 12.1 Å². The molecule has 0 spiro atoms. The molecule has 1 atom stereocenters. The zero-order valence-electron chi connectivity index (χ0n) is 18.3. The lowest BCUT2D eigenvalue weighted by Crippen LogP contribution is -2.43. The lowest BCUT2D eigenvalue weighted by Gasteiger charge is -2.29. The first-order valence-electron chi connectivity index (χ1n) is 10.6. The second-order valence-corrected chi connectivity index (χ2v) is 8.13. The molecule has 0 radical (unpaired) electrons. The molecule has 1 saturated heterocycles. The number of anilines is 2. The van der Waals surface area contributed by atoms with Gasteiger partial charge in [0.1, 0.15) is 0 Å². The third-order valence-electron chi connectivity index (χ3n) is 6.02. The summed E-state index contributed by atoms with van der Waals surface area (Å²) >= 11 is 0. The van der Waals surface area contributed by atoms with Crippen molar-refractivity contribution in [1.29, 1.82) is 0 Å². The van der Waals surface area contributed by atoms with Crippen LogP contribution in [0, 0.1) is 6.92 Å². The maximum atomic E-state index is 13.4. The molecule has 1 fully saturated rings. The van der Waals surface area contributed by atoms with Crippen LogP contribution in [-0.4, -0.2) is 36.0 Å². The number of benzene rings is 2. The fourth-order valence-corrected chi connectivity index (χ4v) is 4.28. The van der Waals surface area contributed by atoms with E-state index in [-0.39, 0.29) is 11.1 Å². The van der Waals surface area contributed by atoms with Crippen molar-refractivity contribution in [3.8, 4) is 0 Å². The van der Waals surface area contributed by atoms with Crippen LogP contribution < -0.4 is 21.1 Å². The number of fused-ring (bicyclic) bond motifs is 1. The largest absolute Gasteiger partial charge is 0.416 e. The number of hydrogen-bond acceptors (Lipinski definition) is 5. The van der Waals surface area contributed by atoms with E-state index in [9.17, 15) is 18.0 Å². The fourth-order valence-electron chi connectivity index (χ4n) is 4.28. The van der Waals surface area contributed by atoms with Crippen LogP contribution in [0.2, 0.25) is 0 Å². The van der Waals surface area contributed by atoms with Gasteiger partial charge < -0.3 is 15.5 Å². The highest BCUT2D eigenvalue weighted by molar-refractivity contribution is 5.93. The van der Waals surface area contributed by atoms with Crippen LogP contribution in [-0.2, 0) is 13.2 Å². The van der Waals surface area contributed by atoms with Crippen molar-refractivity contribution in [3.05, 3.63) is 63.4 Å². The topological polar surface area (TPSA) is 62.2 Å². The zero-order valence-corrected chi connectivity index (χ0v) is 18.3.